The summed E-state index contributed by atoms with van der Waals surface area (Å²) < 4.78 is 0. The Labute approximate surface area is 104 Å². The van der Waals surface area contributed by atoms with Gasteiger partial charge in [0.1, 0.15) is 5.82 Å². The lowest BCUT2D eigenvalue weighted by Gasteiger charge is -2.03. The predicted octanol–water partition coefficient (Wildman–Crippen LogP) is 2.37. The molecule has 0 bridgehead atoms. The zero-order valence-electron chi connectivity index (χ0n) is 10.2. The van der Waals surface area contributed by atoms with E-state index in [0.717, 1.165) is 28.1 Å². The summed E-state index contributed by atoms with van der Waals surface area (Å²) in [5, 5.41) is 2.94. The number of aryl methyl sites for hydroxylation is 1. The minimum Gasteiger partial charge on any atom is -0.357 e. The molecule has 1 aromatic carbocycles. The first-order valence-corrected chi connectivity index (χ1v) is 5.74. The molecule has 0 fully saturated rings. The van der Waals surface area contributed by atoms with E-state index in [9.17, 15) is 0 Å². The molecule has 0 atom stereocenters. The van der Waals surface area contributed by atoms with E-state index in [1.807, 2.05) is 25.1 Å². The predicted molar refractivity (Wildman–Crippen MR) is 71.4 cm³/mol. The second-order valence-electron chi connectivity index (χ2n) is 4.07. The van der Waals surface area contributed by atoms with E-state index in [1.54, 1.807) is 13.2 Å². The zero-order chi connectivity index (χ0) is 12.5. The van der Waals surface area contributed by atoms with Crippen LogP contribution >= 0.6 is 0 Å². The van der Waals surface area contributed by atoms with E-state index in [-0.39, 0.29) is 0 Å². The quantitative estimate of drug-likeness (QED) is 0.720. The lowest BCUT2D eigenvalue weighted by Crippen LogP contribution is -1.96. The van der Waals surface area contributed by atoms with E-state index in [2.05, 4.69) is 31.3 Å². The van der Waals surface area contributed by atoms with Crippen molar-refractivity contribution in [3.05, 3.63) is 36.3 Å². The van der Waals surface area contributed by atoms with E-state index in [1.165, 1.54) is 0 Å². The van der Waals surface area contributed by atoms with Gasteiger partial charge in [0.25, 0.3) is 0 Å². The standard InChI is InChI=1S/C13H13N5/c1-8-16-11-4-3-9(7-12(11)17-8)10-5-6-15-13(14-2)18-10/h3-7H,1-2H3,(H,16,17)(H,14,15,18). The second kappa shape index (κ2) is 4.10. The maximum absolute atomic E-state index is 4.42. The molecule has 0 saturated heterocycles. The van der Waals surface area contributed by atoms with Crippen molar-refractivity contribution in [2.45, 2.75) is 6.92 Å². The molecule has 2 N–H and O–H groups in total. The molecule has 0 aliphatic heterocycles. The Morgan fingerprint density at radius 3 is 2.89 bits per heavy atom. The Bertz CT molecular complexity index is 701. The van der Waals surface area contributed by atoms with Crippen molar-refractivity contribution < 1.29 is 0 Å². The third kappa shape index (κ3) is 1.79. The van der Waals surface area contributed by atoms with Crippen molar-refractivity contribution in [2.75, 3.05) is 12.4 Å². The molecule has 0 amide bonds. The van der Waals surface area contributed by atoms with Crippen LogP contribution in [0, 0.1) is 6.92 Å². The summed E-state index contributed by atoms with van der Waals surface area (Å²) in [6.07, 6.45) is 1.75. The molecule has 0 saturated carbocycles. The number of aromatic nitrogens is 4. The zero-order valence-corrected chi connectivity index (χ0v) is 10.2. The molecule has 0 aliphatic rings. The number of benzene rings is 1. The van der Waals surface area contributed by atoms with Crippen LogP contribution in [0.25, 0.3) is 22.3 Å². The van der Waals surface area contributed by atoms with E-state index >= 15 is 0 Å². The van der Waals surface area contributed by atoms with E-state index in [4.69, 9.17) is 0 Å². The number of aromatic amines is 1. The number of imidazole rings is 1. The van der Waals surface area contributed by atoms with Crippen LogP contribution in [0.4, 0.5) is 5.95 Å². The van der Waals surface area contributed by atoms with Crippen LogP contribution in [0.1, 0.15) is 5.82 Å². The number of rotatable bonds is 2. The molecular weight excluding hydrogens is 226 g/mol. The van der Waals surface area contributed by atoms with Gasteiger partial charge >= 0.3 is 0 Å². The summed E-state index contributed by atoms with van der Waals surface area (Å²) in [7, 11) is 1.81. The fourth-order valence-electron chi connectivity index (χ4n) is 1.94. The number of nitrogens with zero attached hydrogens (tertiary/aromatic N) is 3. The third-order valence-corrected chi connectivity index (χ3v) is 2.78. The molecule has 18 heavy (non-hydrogen) atoms. The molecule has 0 aliphatic carbocycles. The molecule has 0 radical (unpaired) electrons. The number of H-pyrrole nitrogens is 1. The highest BCUT2D eigenvalue weighted by Crippen LogP contribution is 2.22. The van der Waals surface area contributed by atoms with Gasteiger partial charge in [-0.15, -0.1) is 0 Å². The average molecular weight is 239 g/mol. The summed E-state index contributed by atoms with van der Waals surface area (Å²) in [5.74, 6) is 1.54. The van der Waals surface area contributed by atoms with Gasteiger partial charge in [-0.25, -0.2) is 15.0 Å². The molecule has 2 aromatic heterocycles. The maximum Gasteiger partial charge on any atom is 0.222 e. The smallest absolute Gasteiger partial charge is 0.222 e. The fourth-order valence-corrected chi connectivity index (χ4v) is 1.94. The Hall–Kier alpha value is -2.43. The van der Waals surface area contributed by atoms with Gasteiger partial charge in [0.15, 0.2) is 0 Å². The van der Waals surface area contributed by atoms with E-state index in [0.29, 0.717) is 5.95 Å². The molecule has 90 valence electrons. The first-order valence-electron chi connectivity index (χ1n) is 5.74. The topological polar surface area (TPSA) is 66.5 Å². The first kappa shape index (κ1) is 10.7. The van der Waals surface area contributed by atoms with Crippen molar-refractivity contribution in [2.24, 2.45) is 0 Å². The third-order valence-electron chi connectivity index (χ3n) is 2.78. The van der Waals surface area contributed by atoms with Gasteiger partial charge in [-0.05, 0) is 25.1 Å². The molecule has 0 spiro atoms. The van der Waals surface area contributed by atoms with Crippen molar-refractivity contribution in [3.63, 3.8) is 0 Å². The number of hydrogen-bond donors (Lipinski definition) is 2. The van der Waals surface area contributed by atoms with Crippen molar-refractivity contribution in [3.8, 4) is 11.3 Å². The average Bonchev–Trinajstić information content (AvgIpc) is 2.77. The molecule has 3 aromatic rings. The van der Waals surface area contributed by atoms with Crippen LogP contribution in [0.15, 0.2) is 30.5 Å². The van der Waals surface area contributed by atoms with Gasteiger partial charge in [-0.3, -0.25) is 0 Å². The molecule has 2 heterocycles. The van der Waals surface area contributed by atoms with Gasteiger partial charge in [-0.2, -0.15) is 0 Å². The van der Waals surface area contributed by atoms with Gasteiger partial charge in [0.05, 0.1) is 16.7 Å². The van der Waals surface area contributed by atoms with Crippen molar-refractivity contribution >= 4 is 17.0 Å². The molecule has 0 unspecified atom stereocenters. The molecule has 5 heteroatoms. The first-order chi connectivity index (χ1) is 8.76. The van der Waals surface area contributed by atoms with Gasteiger partial charge in [-0.1, -0.05) is 6.07 Å². The SMILES string of the molecule is CNc1nccc(-c2ccc3nc(C)[nH]c3c2)n1. The van der Waals surface area contributed by atoms with Crippen molar-refractivity contribution in [1.29, 1.82) is 0 Å². The molecule has 3 rings (SSSR count). The summed E-state index contributed by atoms with van der Waals surface area (Å²) in [6.45, 7) is 1.95. The van der Waals surface area contributed by atoms with Crippen LogP contribution in [0.3, 0.4) is 0 Å². The number of nitrogens with one attached hydrogen (secondary N) is 2. The van der Waals surface area contributed by atoms with E-state index < -0.39 is 0 Å². The molecule has 5 nitrogen and oxygen atoms in total. The number of anilines is 1. The number of fused-ring (bicyclic) bond motifs is 1. The monoisotopic (exact) mass is 239 g/mol. The van der Waals surface area contributed by atoms with Crippen LogP contribution < -0.4 is 5.32 Å². The minimum atomic E-state index is 0.619. The Morgan fingerprint density at radius 2 is 2.06 bits per heavy atom. The number of hydrogen-bond acceptors (Lipinski definition) is 4. The maximum atomic E-state index is 4.42. The van der Waals surface area contributed by atoms with Crippen molar-refractivity contribution in [1.82, 2.24) is 19.9 Å². The fraction of sp³-hybridized carbons (Fsp3) is 0.154. The Morgan fingerprint density at radius 1 is 1.17 bits per heavy atom. The lowest BCUT2D eigenvalue weighted by molar-refractivity contribution is 1.15. The van der Waals surface area contributed by atoms with Crippen LogP contribution in [-0.2, 0) is 0 Å². The highest BCUT2D eigenvalue weighted by atomic mass is 15.1. The highest BCUT2D eigenvalue weighted by molar-refractivity contribution is 5.81. The Balaban J connectivity index is 2.12. The summed E-state index contributed by atoms with van der Waals surface area (Å²) in [5.41, 5.74) is 3.93. The van der Waals surface area contributed by atoms with Crippen LogP contribution in [0.2, 0.25) is 0 Å². The van der Waals surface area contributed by atoms with Gasteiger partial charge < -0.3 is 10.3 Å². The largest absolute Gasteiger partial charge is 0.357 e. The Kier molecular flexibility index (Phi) is 2.44. The second-order valence-corrected chi connectivity index (χ2v) is 4.07. The lowest BCUT2D eigenvalue weighted by atomic mass is 10.1. The summed E-state index contributed by atoms with van der Waals surface area (Å²) >= 11 is 0. The summed E-state index contributed by atoms with van der Waals surface area (Å²) in [4.78, 5) is 16.1. The van der Waals surface area contributed by atoms with Gasteiger partial charge in [0.2, 0.25) is 5.95 Å². The van der Waals surface area contributed by atoms with Crippen LogP contribution in [-0.4, -0.2) is 27.0 Å². The normalized spacial score (nSPS) is 10.8. The minimum absolute atomic E-state index is 0.619. The summed E-state index contributed by atoms with van der Waals surface area (Å²) in [6, 6.07) is 7.96. The van der Waals surface area contributed by atoms with Gasteiger partial charge in [0, 0.05) is 18.8 Å². The van der Waals surface area contributed by atoms with Crippen LogP contribution in [0.5, 0.6) is 0 Å². The highest BCUT2D eigenvalue weighted by Gasteiger charge is 2.04. The molecular formula is C13H13N5.